The van der Waals surface area contributed by atoms with Crippen LogP contribution in [0.1, 0.15) is 13.3 Å². The number of nitrogen functional groups attached to an aromatic ring is 1. The van der Waals surface area contributed by atoms with Crippen molar-refractivity contribution in [1.82, 2.24) is 25.8 Å². The van der Waals surface area contributed by atoms with Gasteiger partial charge in [-0.15, -0.1) is 5.10 Å². The fourth-order valence-corrected chi connectivity index (χ4v) is 1.50. The molecule has 17 heavy (non-hydrogen) atoms. The second kappa shape index (κ2) is 6.74. The van der Waals surface area contributed by atoms with Gasteiger partial charge in [0.25, 0.3) is 0 Å². The summed E-state index contributed by atoms with van der Waals surface area (Å²) in [6.45, 7) is 2.45. The number of aromatic nitrogens is 3. The molecule has 0 fully saturated rings. The molecule has 0 saturated heterocycles. The van der Waals surface area contributed by atoms with Crippen LogP contribution in [0.25, 0.3) is 0 Å². The number of anilines is 1. The highest BCUT2D eigenvalue weighted by Crippen LogP contribution is 2.11. The highest BCUT2D eigenvalue weighted by atomic mass is 32.2. The van der Waals surface area contributed by atoms with E-state index in [-0.39, 0.29) is 11.7 Å². The van der Waals surface area contributed by atoms with Crippen molar-refractivity contribution in [1.29, 1.82) is 0 Å². The number of hydrogen-bond donors (Lipinski definition) is 4. The molecule has 0 aliphatic heterocycles. The summed E-state index contributed by atoms with van der Waals surface area (Å²) in [5, 5.41) is 11.3. The SMILES string of the molecule is CCCNC(=O)NC(=O)CSc1n[nH]c(N)n1. The summed E-state index contributed by atoms with van der Waals surface area (Å²) in [6, 6.07) is -0.494. The van der Waals surface area contributed by atoms with Gasteiger partial charge in [-0.25, -0.2) is 9.89 Å². The molecule has 0 radical (unpaired) electrons. The number of thioether (sulfide) groups is 1. The monoisotopic (exact) mass is 258 g/mol. The molecule has 1 heterocycles. The normalized spacial score (nSPS) is 9.94. The Morgan fingerprint density at radius 2 is 2.29 bits per heavy atom. The van der Waals surface area contributed by atoms with Gasteiger partial charge < -0.3 is 11.1 Å². The van der Waals surface area contributed by atoms with Crippen LogP contribution in [0.5, 0.6) is 0 Å². The van der Waals surface area contributed by atoms with E-state index >= 15 is 0 Å². The molecule has 5 N–H and O–H groups in total. The van der Waals surface area contributed by atoms with Gasteiger partial charge in [-0.2, -0.15) is 4.98 Å². The van der Waals surface area contributed by atoms with Crippen LogP contribution in [0.15, 0.2) is 5.16 Å². The average molecular weight is 258 g/mol. The smallest absolute Gasteiger partial charge is 0.321 e. The van der Waals surface area contributed by atoms with Crippen LogP contribution < -0.4 is 16.4 Å². The number of H-pyrrole nitrogens is 1. The first-order chi connectivity index (χ1) is 8.11. The number of nitrogens with zero attached hydrogens (tertiary/aromatic N) is 2. The lowest BCUT2D eigenvalue weighted by Crippen LogP contribution is -2.40. The van der Waals surface area contributed by atoms with Crippen LogP contribution in [0.2, 0.25) is 0 Å². The zero-order chi connectivity index (χ0) is 12.7. The standard InChI is InChI=1S/C8H14N6O2S/c1-2-3-10-7(16)11-5(15)4-17-8-12-6(9)13-14-8/h2-4H2,1H3,(H3,9,12,13,14)(H2,10,11,15,16). The molecule has 9 heteroatoms. The first-order valence-electron chi connectivity index (χ1n) is 5.00. The van der Waals surface area contributed by atoms with Gasteiger partial charge in [0.05, 0.1) is 5.75 Å². The van der Waals surface area contributed by atoms with Gasteiger partial charge in [0.2, 0.25) is 17.0 Å². The highest BCUT2D eigenvalue weighted by molar-refractivity contribution is 7.99. The fraction of sp³-hybridized carbons (Fsp3) is 0.500. The van der Waals surface area contributed by atoms with Gasteiger partial charge in [-0.05, 0) is 6.42 Å². The second-order valence-electron chi connectivity index (χ2n) is 3.10. The van der Waals surface area contributed by atoms with Gasteiger partial charge >= 0.3 is 6.03 Å². The molecule has 0 spiro atoms. The third-order valence-corrected chi connectivity index (χ3v) is 2.45. The summed E-state index contributed by atoms with van der Waals surface area (Å²) < 4.78 is 0. The number of aromatic amines is 1. The lowest BCUT2D eigenvalue weighted by atomic mass is 10.5. The van der Waals surface area contributed by atoms with Crippen molar-refractivity contribution in [3.63, 3.8) is 0 Å². The molecule has 0 aliphatic carbocycles. The zero-order valence-corrected chi connectivity index (χ0v) is 10.1. The number of carbonyl (C=O) groups excluding carboxylic acids is 2. The lowest BCUT2D eigenvalue weighted by molar-refractivity contribution is -0.117. The van der Waals surface area contributed by atoms with Crippen molar-refractivity contribution < 1.29 is 9.59 Å². The third kappa shape index (κ3) is 5.20. The maximum absolute atomic E-state index is 11.3. The molecule has 1 aromatic heterocycles. The van der Waals surface area contributed by atoms with E-state index in [1.807, 2.05) is 6.92 Å². The topological polar surface area (TPSA) is 126 Å². The molecule has 0 unspecified atom stereocenters. The molecule has 1 aromatic rings. The molecule has 0 aliphatic rings. The number of rotatable bonds is 5. The van der Waals surface area contributed by atoms with Gasteiger partial charge in [-0.1, -0.05) is 18.7 Å². The fourth-order valence-electron chi connectivity index (χ4n) is 0.898. The number of amides is 3. The van der Waals surface area contributed by atoms with Gasteiger partial charge in [0, 0.05) is 6.54 Å². The Kier molecular flexibility index (Phi) is 5.27. The molecule has 1 rings (SSSR count). The van der Waals surface area contributed by atoms with Crippen molar-refractivity contribution in [2.45, 2.75) is 18.5 Å². The van der Waals surface area contributed by atoms with Crippen LogP contribution in [0, 0.1) is 0 Å². The molecule has 0 saturated carbocycles. The Balaban J connectivity index is 2.23. The summed E-state index contributed by atoms with van der Waals surface area (Å²) in [5.74, 6) is -0.169. The molecule has 0 bridgehead atoms. The molecule has 3 amide bonds. The minimum absolute atomic E-state index is 0.0524. The lowest BCUT2D eigenvalue weighted by Gasteiger charge is -2.04. The van der Waals surface area contributed by atoms with Crippen molar-refractivity contribution in [2.24, 2.45) is 0 Å². The quantitative estimate of drug-likeness (QED) is 0.538. The average Bonchev–Trinajstić information content (AvgIpc) is 2.70. The predicted octanol–water partition coefficient (Wildman–Crippen LogP) is -0.285. The van der Waals surface area contributed by atoms with Gasteiger partial charge in [-0.3, -0.25) is 10.1 Å². The summed E-state index contributed by atoms with van der Waals surface area (Å²) in [4.78, 5) is 26.2. The molecular weight excluding hydrogens is 244 g/mol. The maximum Gasteiger partial charge on any atom is 0.321 e. The van der Waals surface area contributed by atoms with Crippen LogP contribution >= 0.6 is 11.8 Å². The molecule has 94 valence electrons. The zero-order valence-electron chi connectivity index (χ0n) is 9.32. The number of hydrogen-bond acceptors (Lipinski definition) is 6. The Morgan fingerprint density at radius 1 is 1.53 bits per heavy atom. The van der Waals surface area contributed by atoms with Crippen LogP contribution in [0.4, 0.5) is 10.7 Å². The summed E-state index contributed by atoms with van der Waals surface area (Å²) in [7, 11) is 0. The van der Waals surface area contributed by atoms with Crippen molar-refractivity contribution in [3.05, 3.63) is 0 Å². The second-order valence-corrected chi connectivity index (χ2v) is 4.04. The summed E-state index contributed by atoms with van der Waals surface area (Å²) in [5.41, 5.74) is 5.31. The minimum atomic E-state index is -0.494. The largest absolute Gasteiger partial charge is 0.368 e. The van der Waals surface area contributed by atoms with E-state index in [2.05, 4.69) is 25.8 Å². The van der Waals surface area contributed by atoms with E-state index in [0.29, 0.717) is 11.7 Å². The number of urea groups is 1. The van der Waals surface area contributed by atoms with E-state index in [1.54, 1.807) is 0 Å². The Morgan fingerprint density at radius 3 is 2.88 bits per heavy atom. The number of carbonyl (C=O) groups is 2. The van der Waals surface area contributed by atoms with E-state index in [0.717, 1.165) is 18.2 Å². The Labute approximate surface area is 102 Å². The van der Waals surface area contributed by atoms with Crippen molar-refractivity contribution >= 4 is 29.6 Å². The minimum Gasteiger partial charge on any atom is -0.368 e. The first kappa shape index (κ1) is 13.3. The van der Waals surface area contributed by atoms with E-state index in [9.17, 15) is 9.59 Å². The van der Waals surface area contributed by atoms with Gasteiger partial charge in [0.1, 0.15) is 0 Å². The molecule has 0 atom stereocenters. The van der Waals surface area contributed by atoms with E-state index < -0.39 is 11.9 Å². The summed E-state index contributed by atoms with van der Waals surface area (Å²) >= 11 is 1.09. The Hall–Kier alpha value is -1.77. The molecule has 8 nitrogen and oxygen atoms in total. The van der Waals surface area contributed by atoms with Crippen LogP contribution in [-0.4, -0.2) is 39.4 Å². The first-order valence-corrected chi connectivity index (χ1v) is 5.98. The van der Waals surface area contributed by atoms with E-state index in [4.69, 9.17) is 5.73 Å². The number of nitrogens with two attached hydrogens (primary N) is 1. The predicted molar refractivity (Wildman–Crippen MR) is 63.4 cm³/mol. The maximum atomic E-state index is 11.3. The highest BCUT2D eigenvalue weighted by Gasteiger charge is 2.09. The number of nitrogens with one attached hydrogen (secondary N) is 3. The summed E-state index contributed by atoms with van der Waals surface area (Å²) in [6.07, 6.45) is 0.812. The van der Waals surface area contributed by atoms with Crippen LogP contribution in [0.3, 0.4) is 0 Å². The third-order valence-electron chi connectivity index (χ3n) is 1.60. The van der Waals surface area contributed by atoms with Crippen molar-refractivity contribution in [2.75, 3.05) is 18.0 Å². The molecule has 0 aromatic carbocycles. The molecular formula is C8H14N6O2S. The van der Waals surface area contributed by atoms with E-state index in [1.165, 1.54) is 0 Å². The van der Waals surface area contributed by atoms with Crippen LogP contribution in [-0.2, 0) is 4.79 Å². The number of imide groups is 1. The van der Waals surface area contributed by atoms with Crippen molar-refractivity contribution in [3.8, 4) is 0 Å². The van der Waals surface area contributed by atoms with Gasteiger partial charge in [0.15, 0.2) is 0 Å². The Bertz CT molecular complexity index is 393.